The van der Waals surface area contributed by atoms with Crippen LogP contribution in [0.15, 0.2) is 18.2 Å². The van der Waals surface area contributed by atoms with Gasteiger partial charge in [-0.1, -0.05) is 23.2 Å². The van der Waals surface area contributed by atoms with Gasteiger partial charge < -0.3 is 10.1 Å². The summed E-state index contributed by atoms with van der Waals surface area (Å²) in [7, 11) is 1.28. The number of carbonyl (C=O) groups is 2. The van der Waals surface area contributed by atoms with E-state index in [9.17, 15) is 9.59 Å². The Morgan fingerprint density at radius 2 is 1.95 bits per heavy atom. The van der Waals surface area contributed by atoms with Crippen LogP contribution in [0.4, 0.5) is 0 Å². The smallest absolute Gasteiger partial charge is 0.325 e. The third-order valence-electron chi connectivity index (χ3n) is 3.07. The van der Waals surface area contributed by atoms with Crippen molar-refractivity contribution in [2.24, 2.45) is 5.92 Å². The first-order valence-electron chi connectivity index (χ1n) is 5.81. The lowest BCUT2D eigenvalue weighted by Gasteiger charge is -2.04. The highest BCUT2D eigenvalue weighted by Crippen LogP contribution is 2.48. The van der Waals surface area contributed by atoms with Crippen LogP contribution in [0.2, 0.25) is 10.0 Å². The van der Waals surface area contributed by atoms with E-state index in [1.54, 1.807) is 6.07 Å². The van der Waals surface area contributed by atoms with Crippen LogP contribution in [-0.2, 0) is 14.3 Å². The SMILES string of the molecule is COC(=O)CNC(=O)[C@@H]1C[C@@H]1c1cc(Cl)cc(Cl)c1. The zero-order valence-electron chi connectivity index (χ0n) is 10.3. The van der Waals surface area contributed by atoms with Crippen LogP contribution < -0.4 is 5.32 Å². The Morgan fingerprint density at radius 3 is 2.53 bits per heavy atom. The topological polar surface area (TPSA) is 55.4 Å². The van der Waals surface area contributed by atoms with Crippen LogP contribution in [0.3, 0.4) is 0 Å². The number of esters is 1. The third kappa shape index (κ3) is 3.61. The average molecular weight is 302 g/mol. The van der Waals surface area contributed by atoms with Crippen molar-refractivity contribution in [2.45, 2.75) is 12.3 Å². The van der Waals surface area contributed by atoms with E-state index in [0.717, 1.165) is 12.0 Å². The first-order chi connectivity index (χ1) is 9.01. The van der Waals surface area contributed by atoms with Crippen molar-refractivity contribution >= 4 is 35.1 Å². The highest BCUT2D eigenvalue weighted by atomic mass is 35.5. The van der Waals surface area contributed by atoms with Crippen LogP contribution in [0.25, 0.3) is 0 Å². The number of carbonyl (C=O) groups excluding carboxylic acids is 2. The molecule has 19 heavy (non-hydrogen) atoms. The molecule has 0 aromatic heterocycles. The van der Waals surface area contributed by atoms with Crippen LogP contribution in [0.1, 0.15) is 17.9 Å². The zero-order valence-corrected chi connectivity index (χ0v) is 11.8. The van der Waals surface area contributed by atoms with Crippen molar-refractivity contribution in [3.8, 4) is 0 Å². The normalized spacial score (nSPS) is 20.8. The Morgan fingerprint density at radius 1 is 1.32 bits per heavy atom. The molecule has 1 aromatic carbocycles. The Kier molecular flexibility index (Phi) is 4.32. The number of amides is 1. The Labute approximate surface area is 121 Å². The quantitative estimate of drug-likeness (QED) is 0.869. The van der Waals surface area contributed by atoms with Crippen molar-refractivity contribution in [3.05, 3.63) is 33.8 Å². The van der Waals surface area contributed by atoms with Gasteiger partial charge in [0.2, 0.25) is 5.91 Å². The largest absolute Gasteiger partial charge is 0.468 e. The molecule has 1 fully saturated rings. The van der Waals surface area contributed by atoms with E-state index in [-0.39, 0.29) is 24.3 Å². The Balaban J connectivity index is 1.93. The fourth-order valence-electron chi connectivity index (χ4n) is 2.00. The molecule has 4 nitrogen and oxygen atoms in total. The lowest BCUT2D eigenvalue weighted by atomic mass is 10.1. The molecule has 2 atom stereocenters. The summed E-state index contributed by atoms with van der Waals surface area (Å²) < 4.78 is 4.46. The van der Waals surface area contributed by atoms with Gasteiger partial charge in [-0.25, -0.2) is 0 Å². The Bertz CT molecular complexity index is 498. The summed E-state index contributed by atoms with van der Waals surface area (Å²) in [6.45, 7) is -0.102. The summed E-state index contributed by atoms with van der Waals surface area (Å²) in [4.78, 5) is 22.7. The van der Waals surface area contributed by atoms with E-state index in [1.807, 2.05) is 12.1 Å². The lowest BCUT2D eigenvalue weighted by molar-refractivity contribution is -0.141. The predicted octanol–water partition coefficient (Wildman–Crippen LogP) is 2.39. The van der Waals surface area contributed by atoms with Crippen LogP contribution in [0, 0.1) is 5.92 Å². The first kappa shape index (κ1) is 14.2. The van der Waals surface area contributed by atoms with Gasteiger partial charge in [0.25, 0.3) is 0 Å². The fourth-order valence-corrected chi connectivity index (χ4v) is 2.55. The molecule has 6 heteroatoms. The molecule has 0 unspecified atom stereocenters. The van der Waals surface area contributed by atoms with Gasteiger partial charge in [-0.2, -0.15) is 0 Å². The molecule has 1 aliphatic rings. The molecular weight excluding hydrogens is 289 g/mol. The number of ether oxygens (including phenoxy) is 1. The Hall–Kier alpha value is -1.26. The fraction of sp³-hybridized carbons (Fsp3) is 0.385. The summed E-state index contributed by atoms with van der Waals surface area (Å²) in [5, 5.41) is 3.66. The number of halogens is 2. The minimum Gasteiger partial charge on any atom is -0.468 e. The van der Waals surface area contributed by atoms with E-state index in [2.05, 4.69) is 10.1 Å². The van der Waals surface area contributed by atoms with Crippen molar-refractivity contribution in [2.75, 3.05) is 13.7 Å². The summed E-state index contributed by atoms with van der Waals surface area (Å²) in [6, 6.07) is 5.28. The minimum absolute atomic E-state index is 0.102. The maximum absolute atomic E-state index is 11.8. The van der Waals surface area contributed by atoms with Gasteiger partial charge in [0, 0.05) is 16.0 Å². The van der Waals surface area contributed by atoms with Gasteiger partial charge in [0.1, 0.15) is 6.54 Å². The summed E-state index contributed by atoms with van der Waals surface area (Å²) in [5.74, 6) is -0.615. The molecular formula is C13H13Cl2NO3. The molecule has 0 spiro atoms. The average Bonchev–Trinajstić information content (AvgIpc) is 3.14. The van der Waals surface area contributed by atoms with Crippen molar-refractivity contribution in [3.63, 3.8) is 0 Å². The second-order valence-corrected chi connectivity index (χ2v) is 5.32. The molecule has 1 amide bonds. The van der Waals surface area contributed by atoms with Crippen LogP contribution >= 0.6 is 23.2 Å². The third-order valence-corrected chi connectivity index (χ3v) is 3.51. The molecule has 0 radical (unpaired) electrons. The molecule has 2 rings (SSSR count). The highest BCUT2D eigenvalue weighted by Gasteiger charge is 2.44. The number of hydrogen-bond donors (Lipinski definition) is 1. The van der Waals surface area contributed by atoms with E-state index in [0.29, 0.717) is 10.0 Å². The standard InChI is InChI=1S/C13H13Cl2NO3/c1-19-12(17)6-16-13(18)11-5-10(11)7-2-8(14)4-9(15)3-7/h2-4,10-11H,5-6H2,1H3,(H,16,18)/t10-,11-/m1/s1. The number of hydrogen-bond acceptors (Lipinski definition) is 3. The van der Waals surface area contributed by atoms with Gasteiger partial charge in [-0.15, -0.1) is 0 Å². The molecule has 1 aromatic rings. The maximum atomic E-state index is 11.8. The second kappa shape index (κ2) is 5.80. The zero-order chi connectivity index (χ0) is 14.0. The van der Waals surface area contributed by atoms with E-state index < -0.39 is 5.97 Å². The number of benzene rings is 1. The molecule has 0 bridgehead atoms. The predicted molar refractivity (Wildman–Crippen MR) is 72.3 cm³/mol. The monoisotopic (exact) mass is 301 g/mol. The van der Waals surface area contributed by atoms with Crippen molar-refractivity contribution in [1.82, 2.24) is 5.32 Å². The van der Waals surface area contributed by atoms with Gasteiger partial charge in [0.15, 0.2) is 0 Å². The minimum atomic E-state index is -0.462. The molecule has 0 heterocycles. The second-order valence-electron chi connectivity index (χ2n) is 4.45. The molecule has 1 aliphatic carbocycles. The van der Waals surface area contributed by atoms with Gasteiger partial charge in [0.05, 0.1) is 7.11 Å². The van der Waals surface area contributed by atoms with E-state index in [4.69, 9.17) is 23.2 Å². The number of methoxy groups -OCH3 is 1. The van der Waals surface area contributed by atoms with E-state index in [1.165, 1.54) is 7.11 Å². The number of nitrogens with one attached hydrogen (secondary N) is 1. The summed E-state index contributed by atoms with van der Waals surface area (Å²) >= 11 is 11.8. The van der Waals surface area contributed by atoms with Gasteiger partial charge >= 0.3 is 5.97 Å². The van der Waals surface area contributed by atoms with Crippen molar-refractivity contribution in [1.29, 1.82) is 0 Å². The molecule has 102 valence electrons. The summed E-state index contributed by atoms with van der Waals surface area (Å²) in [6.07, 6.45) is 0.740. The molecule has 1 saturated carbocycles. The molecule has 1 N–H and O–H groups in total. The molecule has 0 saturated heterocycles. The van der Waals surface area contributed by atoms with Gasteiger partial charge in [-0.05, 0) is 36.1 Å². The highest BCUT2D eigenvalue weighted by molar-refractivity contribution is 6.34. The molecule has 0 aliphatic heterocycles. The maximum Gasteiger partial charge on any atom is 0.325 e. The summed E-state index contributed by atoms with van der Waals surface area (Å²) in [5.41, 5.74) is 0.954. The van der Waals surface area contributed by atoms with Crippen LogP contribution in [-0.4, -0.2) is 25.5 Å². The van der Waals surface area contributed by atoms with Gasteiger partial charge in [-0.3, -0.25) is 9.59 Å². The van der Waals surface area contributed by atoms with Crippen LogP contribution in [0.5, 0.6) is 0 Å². The lowest BCUT2D eigenvalue weighted by Crippen LogP contribution is -2.31. The first-order valence-corrected chi connectivity index (χ1v) is 6.57. The van der Waals surface area contributed by atoms with E-state index >= 15 is 0 Å². The number of rotatable bonds is 4. The van der Waals surface area contributed by atoms with Crippen molar-refractivity contribution < 1.29 is 14.3 Å².